The zero-order chi connectivity index (χ0) is 25.2. The Morgan fingerprint density at radius 1 is 1.19 bits per heavy atom. The first-order valence-electron chi connectivity index (χ1n) is 11.6. The molecule has 186 valence electrons. The summed E-state index contributed by atoms with van der Waals surface area (Å²) in [5, 5.41) is 6.86. The number of amides is 1. The lowest BCUT2D eigenvalue weighted by molar-refractivity contribution is 0.100. The Hall–Kier alpha value is -3.63. The molecule has 0 radical (unpaired) electrons. The van der Waals surface area contributed by atoms with Crippen molar-refractivity contribution >= 4 is 34.6 Å². The molecule has 2 aromatic heterocycles. The highest BCUT2D eigenvalue weighted by Crippen LogP contribution is 2.32. The van der Waals surface area contributed by atoms with Gasteiger partial charge in [0.2, 0.25) is 11.9 Å². The Bertz CT molecular complexity index is 1440. The summed E-state index contributed by atoms with van der Waals surface area (Å²) in [7, 11) is 0. The number of benzene rings is 2. The van der Waals surface area contributed by atoms with Gasteiger partial charge < -0.3 is 20.9 Å². The fraction of sp³-hybridized carbons (Fsp3) is 0.280. The number of hydrogen-bond donors (Lipinski definition) is 3. The maximum absolute atomic E-state index is 13.6. The van der Waals surface area contributed by atoms with E-state index in [2.05, 4.69) is 15.6 Å². The highest BCUT2D eigenvalue weighted by molar-refractivity contribution is 6.33. The normalized spacial score (nSPS) is 15.8. The van der Waals surface area contributed by atoms with Gasteiger partial charge in [-0.25, -0.2) is 18.7 Å². The van der Waals surface area contributed by atoms with Crippen molar-refractivity contribution in [3.63, 3.8) is 0 Å². The first-order valence-corrected chi connectivity index (χ1v) is 12.0. The fourth-order valence-electron chi connectivity index (χ4n) is 4.40. The quantitative estimate of drug-likeness (QED) is 0.344. The van der Waals surface area contributed by atoms with Crippen molar-refractivity contribution in [2.45, 2.75) is 25.9 Å². The lowest BCUT2D eigenvalue weighted by Crippen LogP contribution is -2.32. The summed E-state index contributed by atoms with van der Waals surface area (Å²) in [6.07, 6.45) is 3.75. The Morgan fingerprint density at radius 3 is 2.78 bits per heavy atom. The van der Waals surface area contributed by atoms with Crippen LogP contribution in [0.3, 0.4) is 0 Å². The van der Waals surface area contributed by atoms with Crippen LogP contribution in [-0.2, 0) is 13.1 Å². The molecule has 2 aromatic carbocycles. The van der Waals surface area contributed by atoms with E-state index >= 15 is 0 Å². The summed E-state index contributed by atoms with van der Waals surface area (Å²) < 4.78 is 28.8. The average molecular weight is 512 g/mol. The van der Waals surface area contributed by atoms with Gasteiger partial charge in [-0.2, -0.15) is 4.98 Å². The van der Waals surface area contributed by atoms with Crippen LogP contribution in [0.2, 0.25) is 5.02 Å². The number of primary amides is 1. The number of hydrogen-bond acceptors (Lipinski definition) is 6. The molecule has 4 aromatic rings. The van der Waals surface area contributed by atoms with Crippen LogP contribution in [0.15, 0.2) is 42.6 Å². The van der Waals surface area contributed by atoms with Gasteiger partial charge in [0.25, 0.3) is 0 Å². The van der Waals surface area contributed by atoms with Gasteiger partial charge in [0, 0.05) is 24.2 Å². The number of anilines is 1. The van der Waals surface area contributed by atoms with E-state index in [1.165, 1.54) is 12.1 Å². The number of rotatable bonds is 7. The Balaban J connectivity index is 1.52. The van der Waals surface area contributed by atoms with E-state index in [0.29, 0.717) is 57.1 Å². The molecule has 1 saturated heterocycles. The Labute approximate surface area is 210 Å². The first-order chi connectivity index (χ1) is 17.4. The van der Waals surface area contributed by atoms with Gasteiger partial charge in [-0.1, -0.05) is 17.7 Å². The topological polar surface area (TPSA) is 111 Å². The molecule has 4 N–H and O–H groups in total. The molecule has 5 rings (SSSR count). The number of piperidine rings is 1. The number of nitrogens with one attached hydrogen (secondary N) is 2. The predicted molar refractivity (Wildman–Crippen MR) is 134 cm³/mol. The van der Waals surface area contributed by atoms with Crippen LogP contribution < -0.4 is 16.4 Å². The molecule has 0 bridgehead atoms. The minimum atomic E-state index is -0.909. The second-order valence-electron chi connectivity index (χ2n) is 8.82. The molecule has 8 nitrogen and oxygen atoms in total. The van der Waals surface area contributed by atoms with Gasteiger partial charge in [-0.05, 0) is 67.7 Å². The van der Waals surface area contributed by atoms with Crippen LogP contribution in [0.1, 0.15) is 28.8 Å². The summed E-state index contributed by atoms with van der Waals surface area (Å²) in [6.45, 7) is 2.75. The van der Waals surface area contributed by atoms with E-state index in [1.54, 1.807) is 18.3 Å². The van der Waals surface area contributed by atoms with Gasteiger partial charge in [0.1, 0.15) is 11.3 Å². The summed E-state index contributed by atoms with van der Waals surface area (Å²) in [6, 6.07) is 8.61. The standard InChI is InChI=1S/C25H24ClF2N7O/c26-18-9-16(22(29)36)4-5-17(18)23-33-21-12-32-25(31-11-14-3-6-19(27)20(28)8-14)34-24(21)35(23)13-15-2-1-7-30-10-15/h3-6,8-9,12,15,30H,1-2,7,10-11,13H2,(H2,29,36)(H,31,32,34)/t15-/m1/s1. The van der Waals surface area contributed by atoms with Crippen LogP contribution in [0.25, 0.3) is 22.6 Å². The minimum absolute atomic E-state index is 0.219. The molecular weight excluding hydrogens is 488 g/mol. The van der Waals surface area contributed by atoms with Crippen LogP contribution in [0.5, 0.6) is 0 Å². The molecule has 3 heterocycles. The number of nitrogens with zero attached hydrogens (tertiary/aromatic N) is 4. The number of carbonyl (C=O) groups excluding carboxylic acids is 1. The molecule has 1 aliphatic rings. The summed E-state index contributed by atoms with van der Waals surface area (Å²) in [5.74, 6) is -1.05. The highest BCUT2D eigenvalue weighted by Gasteiger charge is 2.22. The molecule has 11 heteroatoms. The maximum atomic E-state index is 13.6. The van der Waals surface area contributed by atoms with Crippen molar-refractivity contribution < 1.29 is 13.6 Å². The maximum Gasteiger partial charge on any atom is 0.248 e. The SMILES string of the molecule is NC(=O)c1ccc(-c2nc3cnc(NCc4ccc(F)c(F)c4)nc3n2C[C@@H]2CCCNC2)c(Cl)c1. The van der Waals surface area contributed by atoms with Crippen molar-refractivity contribution in [1.29, 1.82) is 0 Å². The van der Waals surface area contributed by atoms with E-state index in [9.17, 15) is 13.6 Å². The lowest BCUT2D eigenvalue weighted by atomic mass is 9.99. The molecule has 1 aliphatic heterocycles. The van der Waals surface area contributed by atoms with Gasteiger partial charge in [-0.15, -0.1) is 0 Å². The fourth-order valence-corrected chi connectivity index (χ4v) is 4.67. The Morgan fingerprint density at radius 2 is 2.06 bits per heavy atom. The van der Waals surface area contributed by atoms with Gasteiger partial charge >= 0.3 is 0 Å². The molecule has 36 heavy (non-hydrogen) atoms. The number of imidazole rings is 1. The predicted octanol–water partition coefficient (Wildman–Crippen LogP) is 4.14. The van der Waals surface area contributed by atoms with Crippen molar-refractivity contribution in [3.8, 4) is 11.4 Å². The second-order valence-corrected chi connectivity index (χ2v) is 9.23. The highest BCUT2D eigenvalue weighted by atomic mass is 35.5. The van der Waals surface area contributed by atoms with Crippen molar-refractivity contribution in [2.24, 2.45) is 11.7 Å². The molecule has 0 unspecified atom stereocenters. The zero-order valence-electron chi connectivity index (χ0n) is 19.3. The Kier molecular flexibility index (Phi) is 6.80. The minimum Gasteiger partial charge on any atom is -0.366 e. The monoisotopic (exact) mass is 511 g/mol. The van der Waals surface area contributed by atoms with Crippen LogP contribution in [0, 0.1) is 17.6 Å². The number of carbonyl (C=O) groups is 1. The first kappa shape index (κ1) is 24.1. The van der Waals surface area contributed by atoms with Crippen molar-refractivity contribution in [2.75, 3.05) is 18.4 Å². The summed E-state index contributed by atoms with van der Waals surface area (Å²) in [5.41, 5.74) is 8.12. The molecular formula is C25H24ClF2N7O. The largest absolute Gasteiger partial charge is 0.366 e. The molecule has 1 amide bonds. The third kappa shape index (κ3) is 5.00. The molecule has 0 saturated carbocycles. The van der Waals surface area contributed by atoms with Gasteiger partial charge in [0.15, 0.2) is 17.3 Å². The van der Waals surface area contributed by atoms with E-state index in [0.717, 1.165) is 38.1 Å². The third-order valence-electron chi connectivity index (χ3n) is 6.26. The second kappa shape index (κ2) is 10.2. The van der Waals surface area contributed by atoms with Crippen LogP contribution in [-0.4, -0.2) is 38.5 Å². The van der Waals surface area contributed by atoms with E-state index in [4.69, 9.17) is 27.3 Å². The zero-order valence-corrected chi connectivity index (χ0v) is 20.0. The van der Waals surface area contributed by atoms with Crippen LogP contribution >= 0.6 is 11.6 Å². The smallest absolute Gasteiger partial charge is 0.248 e. The molecule has 1 fully saturated rings. The lowest BCUT2D eigenvalue weighted by Gasteiger charge is -2.24. The average Bonchev–Trinajstić information content (AvgIpc) is 3.22. The number of halogens is 3. The summed E-state index contributed by atoms with van der Waals surface area (Å²) in [4.78, 5) is 25.4. The summed E-state index contributed by atoms with van der Waals surface area (Å²) >= 11 is 6.54. The molecule has 1 atom stereocenters. The van der Waals surface area contributed by atoms with Gasteiger partial charge in [-0.3, -0.25) is 4.79 Å². The number of aromatic nitrogens is 4. The third-order valence-corrected chi connectivity index (χ3v) is 6.57. The van der Waals surface area contributed by atoms with E-state index in [-0.39, 0.29) is 6.54 Å². The van der Waals surface area contributed by atoms with Gasteiger partial charge in [0.05, 0.1) is 11.2 Å². The van der Waals surface area contributed by atoms with Crippen molar-refractivity contribution in [3.05, 3.63) is 70.4 Å². The molecule has 0 aliphatic carbocycles. The molecule has 0 spiro atoms. The van der Waals surface area contributed by atoms with E-state index in [1.807, 2.05) is 4.57 Å². The van der Waals surface area contributed by atoms with Crippen LogP contribution in [0.4, 0.5) is 14.7 Å². The number of nitrogens with two attached hydrogens (primary N) is 1. The number of fused-ring (bicyclic) bond motifs is 1. The van der Waals surface area contributed by atoms with E-state index < -0.39 is 17.5 Å². The van der Waals surface area contributed by atoms with Crippen molar-refractivity contribution in [1.82, 2.24) is 24.8 Å².